The molecule has 31 heavy (non-hydrogen) atoms. The quantitative estimate of drug-likeness (QED) is 0.230. The molecule has 5 heteroatoms. The van der Waals surface area contributed by atoms with E-state index in [4.69, 9.17) is 0 Å². The summed E-state index contributed by atoms with van der Waals surface area (Å²) < 4.78 is 7.56. The zero-order valence-electron chi connectivity index (χ0n) is 16.2. The van der Waals surface area contributed by atoms with E-state index < -0.39 is 0 Å². The van der Waals surface area contributed by atoms with E-state index in [1.165, 1.54) is 51.2 Å². The van der Waals surface area contributed by atoms with E-state index in [1.54, 1.807) is 0 Å². The molecule has 0 radical (unpaired) electrons. The van der Waals surface area contributed by atoms with Crippen LogP contribution in [-0.4, -0.2) is 14.4 Å². The number of aromatic nitrogens is 3. The van der Waals surface area contributed by atoms with Gasteiger partial charge in [0.05, 0.1) is 5.52 Å². The molecule has 0 saturated heterocycles. The summed E-state index contributed by atoms with van der Waals surface area (Å²) in [4.78, 5) is 9.04. The maximum Gasteiger partial charge on any atom is 0.145 e. The van der Waals surface area contributed by atoms with Crippen LogP contribution in [0.3, 0.4) is 0 Å². The summed E-state index contributed by atoms with van der Waals surface area (Å²) in [5.74, 6) is 0. The Hall–Kier alpha value is -3.54. The highest BCUT2D eigenvalue weighted by Crippen LogP contribution is 2.43. The second-order valence-electron chi connectivity index (χ2n) is 7.95. The molecule has 3 aromatic carbocycles. The Morgan fingerprint density at radius 2 is 1.35 bits per heavy atom. The van der Waals surface area contributed by atoms with Crippen molar-refractivity contribution >= 4 is 90.3 Å². The Bertz CT molecular complexity index is 2010. The average molecular weight is 432 g/mol. The molecule has 0 N–H and O–H groups in total. The number of rotatable bonds is 0. The van der Waals surface area contributed by atoms with Crippen molar-refractivity contribution in [2.24, 2.45) is 0 Å². The minimum absolute atomic E-state index is 0.982. The zero-order chi connectivity index (χ0) is 20.1. The van der Waals surface area contributed by atoms with Crippen LogP contribution in [0.1, 0.15) is 0 Å². The number of benzene rings is 3. The molecule has 0 unspecified atom stereocenters. The van der Waals surface area contributed by atoms with Gasteiger partial charge >= 0.3 is 0 Å². The van der Waals surface area contributed by atoms with Crippen LogP contribution in [-0.2, 0) is 0 Å². The predicted molar refractivity (Wildman–Crippen MR) is 134 cm³/mol. The number of hydrogen-bond acceptors (Lipinski definition) is 4. The van der Waals surface area contributed by atoms with Gasteiger partial charge in [0.15, 0.2) is 0 Å². The maximum atomic E-state index is 4.63. The third kappa shape index (κ3) is 2.02. The molecule has 0 bridgehead atoms. The third-order valence-corrected chi connectivity index (χ3v) is 8.59. The van der Waals surface area contributed by atoms with E-state index in [-0.39, 0.29) is 0 Å². The van der Waals surface area contributed by atoms with Crippen molar-refractivity contribution in [3.05, 3.63) is 79.4 Å². The lowest BCUT2D eigenvalue weighted by atomic mass is 10.0. The fraction of sp³-hybridized carbons (Fsp3) is 0. The average Bonchev–Trinajstić information content (AvgIpc) is 3.51. The van der Waals surface area contributed by atoms with Gasteiger partial charge in [-0.05, 0) is 36.4 Å². The first-order chi connectivity index (χ1) is 15.3. The normalized spacial score (nSPS) is 12.5. The van der Waals surface area contributed by atoms with Crippen molar-refractivity contribution in [3.63, 3.8) is 0 Å². The van der Waals surface area contributed by atoms with Gasteiger partial charge < -0.3 is 0 Å². The molecule has 3 nitrogen and oxygen atoms in total. The standard InChI is InChI=1S/C26H13N3S2/c1-2-4-22-14(3-1)18-11-25-19(12-24(18)30-22)17-9-21-16(10-23(17)31-25)20-13-27-6-5-15(20)26-28-7-8-29(21)26/h1-13H. The van der Waals surface area contributed by atoms with Gasteiger partial charge in [0.25, 0.3) is 0 Å². The summed E-state index contributed by atoms with van der Waals surface area (Å²) in [5, 5.41) is 8.87. The Morgan fingerprint density at radius 1 is 0.613 bits per heavy atom. The lowest BCUT2D eigenvalue weighted by Gasteiger charge is -2.08. The fourth-order valence-corrected chi connectivity index (χ4v) is 7.22. The zero-order valence-corrected chi connectivity index (χ0v) is 17.8. The number of thiophene rings is 2. The van der Waals surface area contributed by atoms with Gasteiger partial charge in [-0.3, -0.25) is 9.38 Å². The molecular weight excluding hydrogens is 418 g/mol. The molecule has 144 valence electrons. The van der Waals surface area contributed by atoms with Crippen molar-refractivity contribution in [2.75, 3.05) is 0 Å². The summed E-state index contributed by atoms with van der Waals surface area (Å²) >= 11 is 3.76. The van der Waals surface area contributed by atoms with E-state index >= 15 is 0 Å². The first-order valence-corrected chi connectivity index (χ1v) is 11.8. The Labute approximate surface area is 183 Å². The van der Waals surface area contributed by atoms with Crippen LogP contribution in [0, 0.1) is 0 Å². The van der Waals surface area contributed by atoms with E-state index in [2.05, 4.69) is 75.2 Å². The van der Waals surface area contributed by atoms with Crippen LogP contribution >= 0.6 is 22.7 Å². The molecule has 0 aliphatic heterocycles. The number of hydrogen-bond donors (Lipinski definition) is 0. The van der Waals surface area contributed by atoms with E-state index in [1.807, 2.05) is 41.3 Å². The number of imidazole rings is 1. The summed E-state index contributed by atoms with van der Waals surface area (Å²) in [6.07, 6.45) is 7.75. The molecule has 0 spiro atoms. The van der Waals surface area contributed by atoms with Crippen molar-refractivity contribution in [3.8, 4) is 0 Å². The lowest BCUT2D eigenvalue weighted by Crippen LogP contribution is -1.90. The van der Waals surface area contributed by atoms with Gasteiger partial charge in [-0.15, -0.1) is 22.7 Å². The van der Waals surface area contributed by atoms with Crippen LogP contribution < -0.4 is 0 Å². The summed E-state index contributed by atoms with van der Waals surface area (Å²) in [6, 6.07) is 20.2. The maximum absolute atomic E-state index is 4.63. The minimum atomic E-state index is 0.982. The molecule has 0 atom stereocenters. The molecule has 0 aliphatic carbocycles. The smallest absolute Gasteiger partial charge is 0.145 e. The number of fused-ring (bicyclic) bond motifs is 12. The molecule has 0 aliphatic rings. The molecule has 0 amide bonds. The van der Waals surface area contributed by atoms with Crippen molar-refractivity contribution in [2.45, 2.75) is 0 Å². The SMILES string of the molecule is c1ccc2c(c1)sc1cc3c(cc12)sc1cc2c4cnccc4c4nccn4c2cc13. The van der Waals surface area contributed by atoms with Crippen molar-refractivity contribution in [1.82, 2.24) is 14.4 Å². The summed E-state index contributed by atoms with van der Waals surface area (Å²) in [5.41, 5.74) is 2.16. The number of nitrogens with zero attached hydrogens (tertiary/aromatic N) is 3. The van der Waals surface area contributed by atoms with Crippen molar-refractivity contribution < 1.29 is 0 Å². The predicted octanol–water partition coefficient (Wildman–Crippen LogP) is 7.77. The molecular formula is C26H13N3S2. The minimum Gasteiger partial charge on any atom is -0.299 e. The Kier molecular flexibility index (Phi) is 2.91. The highest BCUT2D eigenvalue weighted by molar-refractivity contribution is 7.27. The molecule has 5 aromatic heterocycles. The first-order valence-electron chi connectivity index (χ1n) is 10.2. The van der Waals surface area contributed by atoms with Gasteiger partial charge in [0.1, 0.15) is 5.65 Å². The van der Waals surface area contributed by atoms with E-state index in [0.29, 0.717) is 0 Å². The topological polar surface area (TPSA) is 30.2 Å². The van der Waals surface area contributed by atoms with E-state index in [9.17, 15) is 0 Å². The highest BCUT2D eigenvalue weighted by atomic mass is 32.1. The van der Waals surface area contributed by atoms with Gasteiger partial charge in [0, 0.05) is 81.3 Å². The largest absolute Gasteiger partial charge is 0.299 e. The second-order valence-corrected chi connectivity index (χ2v) is 10.1. The molecule has 5 heterocycles. The molecule has 0 fully saturated rings. The van der Waals surface area contributed by atoms with Crippen LogP contribution in [0.4, 0.5) is 0 Å². The molecule has 0 saturated carbocycles. The van der Waals surface area contributed by atoms with Gasteiger partial charge in [-0.2, -0.15) is 0 Å². The summed E-state index contributed by atoms with van der Waals surface area (Å²) in [6.45, 7) is 0. The molecule has 8 rings (SSSR count). The fourth-order valence-electron chi connectivity index (χ4n) is 4.94. The van der Waals surface area contributed by atoms with Crippen LogP contribution in [0.2, 0.25) is 0 Å². The highest BCUT2D eigenvalue weighted by Gasteiger charge is 2.15. The third-order valence-electron chi connectivity index (χ3n) is 6.34. The van der Waals surface area contributed by atoms with Crippen LogP contribution in [0.25, 0.3) is 67.7 Å². The first kappa shape index (κ1) is 16.2. The van der Waals surface area contributed by atoms with Crippen LogP contribution in [0.15, 0.2) is 79.4 Å². The summed E-state index contributed by atoms with van der Waals surface area (Å²) in [7, 11) is 0. The second kappa shape index (κ2) is 5.58. The molecule has 8 aromatic rings. The van der Waals surface area contributed by atoms with Gasteiger partial charge in [0.2, 0.25) is 0 Å². The lowest BCUT2D eigenvalue weighted by molar-refractivity contribution is 1.27. The van der Waals surface area contributed by atoms with Gasteiger partial charge in [-0.1, -0.05) is 18.2 Å². The van der Waals surface area contributed by atoms with Gasteiger partial charge in [-0.25, -0.2) is 4.98 Å². The Balaban J connectivity index is 1.58. The monoisotopic (exact) mass is 431 g/mol. The Morgan fingerprint density at radius 3 is 2.26 bits per heavy atom. The van der Waals surface area contributed by atoms with E-state index in [0.717, 1.165) is 16.4 Å². The number of pyridine rings is 2. The van der Waals surface area contributed by atoms with Crippen LogP contribution in [0.5, 0.6) is 0 Å². The van der Waals surface area contributed by atoms with Crippen molar-refractivity contribution in [1.29, 1.82) is 0 Å².